The molecule has 14 heavy (non-hydrogen) atoms. The third-order valence-corrected chi connectivity index (χ3v) is 3.27. The Morgan fingerprint density at radius 3 is 2.93 bits per heavy atom. The fourth-order valence-electron chi connectivity index (χ4n) is 0.861. The minimum absolute atomic E-state index is 0.0200. The van der Waals surface area contributed by atoms with Crippen LogP contribution < -0.4 is 11.1 Å². The Bertz CT molecular complexity index is 338. The van der Waals surface area contributed by atoms with Crippen LogP contribution in [0.5, 0.6) is 0 Å². The molecule has 0 radical (unpaired) electrons. The monoisotopic (exact) mass is 234 g/mol. The smallest absolute Gasteiger partial charge is 0.263 e. The summed E-state index contributed by atoms with van der Waals surface area (Å²) in [6.07, 6.45) is -1.04. The molecule has 1 aromatic rings. The van der Waals surface area contributed by atoms with E-state index >= 15 is 0 Å². The number of thiophene rings is 1. The predicted octanol–water partition coefficient (Wildman–Crippen LogP) is 0.717. The summed E-state index contributed by atoms with van der Waals surface area (Å²) >= 11 is 7.14. The molecule has 6 heteroatoms. The lowest BCUT2D eigenvalue weighted by atomic mass is 10.3. The number of aryl methyl sites for hydroxylation is 1. The van der Waals surface area contributed by atoms with Crippen molar-refractivity contribution >= 4 is 28.8 Å². The minimum Gasteiger partial charge on any atom is -0.377 e. The summed E-state index contributed by atoms with van der Waals surface area (Å²) in [4.78, 5) is 11.9. The highest BCUT2D eigenvalue weighted by Crippen LogP contribution is 2.26. The molecule has 0 saturated heterocycles. The van der Waals surface area contributed by atoms with Gasteiger partial charge in [0.1, 0.15) is 11.1 Å². The molecule has 1 rings (SSSR count). The van der Waals surface area contributed by atoms with Crippen molar-refractivity contribution in [2.75, 3.05) is 6.54 Å². The summed E-state index contributed by atoms with van der Waals surface area (Å²) in [6.45, 7) is 1.85. The van der Waals surface area contributed by atoms with Crippen molar-refractivity contribution in [1.29, 1.82) is 0 Å². The number of carbonyl (C=O) groups excluding carboxylic acids is 1. The van der Waals surface area contributed by atoms with Gasteiger partial charge in [-0.3, -0.25) is 4.79 Å². The van der Waals surface area contributed by atoms with E-state index in [1.807, 2.05) is 6.92 Å². The zero-order valence-corrected chi connectivity index (χ0v) is 9.15. The fraction of sp³-hybridized carbons (Fsp3) is 0.375. The Labute approximate surface area is 90.7 Å². The first kappa shape index (κ1) is 11.5. The van der Waals surface area contributed by atoms with Crippen LogP contribution in [0.3, 0.4) is 0 Å². The maximum absolute atomic E-state index is 11.4. The fourth-order valence-corrected chi connectivity index (χ4v) is 2.06. The lowest BCUT2D eigenvalue weighted by Gasteiger charge is -2.05. The third kappa shape index (κ3) is 2.68. The highest BCUT2D eigenvalue weighted by atomic mass is 35.5. The molecule has 1 atom stereocenters. The van der Waals surface area contributed by atoms with Gasteiger partial charge in [0.25, 0.3) is 5.91 Å². The van der Waals surface area contributed by atoms with E-state index < -0.39 is 6.23 Å². The maximum Gasteiger partial charge on any atom is 0.263 e. The number of hydrogen-bond acceptors (Lipinski definition) is 4. The molecule has 0 aliphatic rings. The van der Waals surface area contributed by atoms with Gasteiger partial charge in [-0.1, -0.05) is 11.6 Å². The first-order valence-electron chi connectivity index (χ1n) is 3.97. The van der Waals surface area contributed by atoms with Gasteiger partial charge in [0.2, 0.25) is 0 Å². The van der Waals surface area contributed by atoms with E-state index in [4.69, 9.17) is 22.4 Å². The quantitative estimate of drug-likeness (QED) is 0.675. The normalized spacial score (nSPS) is 12.6. The average Bonchev–Trinajstić information content (AvgIpc) is 2.44. The van der Waals surface area contributed by atoms with Crippen LogP contribution in [0, 0.1) is 6.92 Å². The van der Waals surface area contributed by atoms with Crippen LogP contribution in [-0.2, 0) is 0 Å². The Morgan fingerprint density at radius 2 is 2.50 bits per heavy atom. The van der Waals surface area contributed by atoms with Crippen LogP contribution in [0.2, 0.25) is 5.02 Å². The van der Waals surface area contributed by atoms with Gasteiger partial charge in [-0.05, 0) is 17.9 Å². The number of amides is 1. The first-order valence-corrected chi connectivity index (χ1v) is 5.23. The molecule has 4 N–H and O–H groups in total. The summed E-state index contributed by atoms with van der Waals surface area (Å²) in [5, 5.41) is 13.5. The van der Waals surface area contributed by atoms with Crippen molar-refractivity contribution in [3.8, 4) is 0 Å². The average molecular weight is 235 g/mol. The van der Waals surface area contributed by atoms with Crippen LogP contribution in [0.4, 0.5) is 0 Å². The van der Waals surface area contributed by atoms with Crippen molar-refractivity contribution in [3.63, 3.8) is 0 Å². The molecule has 0 fully saturated rings. The number of aliphatic hydroxyl groups excluding tert-OH is 1. The van der Waals surface area contributed by atoms with Crippen LogP contribution in [-0.4, -0.2) is 23.8 Å². The molecule has 0 aromatic carbocycles. The van der Waals surface area contributed by atoms with Crippen LogP contribution in [0.1, 0.15) is 15.2 Å². The van der Waals surface area contributed by atoms with Crippen molar-refractivity contribution in [3.05, 3.63) is 20.8 Å². The molecule has 0 aliphatic carbocycles. The second-order valence-corrected chi connectivity index (χ2v) is 4.10. The molecule has 1 aromatic heterocycles. The van der Waals surface area contributed by atoms with Crippen molar-refractivity contribution in [2.24, 2.45) is 5.73 Å². The van der Waals surface area contributed by atoms with Crippen molar-refractivity contribution < 1.29 is 9.90 Å². The molecule has 0 saturated carbocycles. The maximum atomic E-state index is 11.4. The Balaban J connectivity index is 2.66. The van der Waals surface area contributed by atoms with E-state index in [1.165, 1.54) is 11.3 Å². The van der Waals surface area contributed by atoms with Gasteiger partial charge < -0.3 is 16.2 Å². The van der Waals surface area contributed by atoms with Gasteiger partial charge in [0, 0.05) is 0 Å². The number of hydrogen-bond donors (Lipinski definition) is 3. The van der Waals surface area contributed by atoms with Gasteiger partial charge in [-0.25, -0.2) is 0 Å². The van der Waals surface area contributed by atoms with Gasteiger partial charge in [-0.15, -0.1) is 11.3 Å². The van der Waals surface area contributed by atoms with E-state index in [9.17, 15) is 4.79 Å². The van der Waals surface area contributed by atoms with E-state index in [0.717, 1.165) is 5.56 Å². The van der Waals surface area contributed by atoms with Gasteiger partial charge >= 0.3 is 0 Å². The molecule has 1 heterocycles. The number of nitrogens with two attached hydrogens (primary N) is 1. The van der Waals surface area contributed by atoms with Crippen molar-refractivity contribution in [1.82, 2.24) is 5.32 Å². The molecular weight excluding hydrogens is 224 g/mol. The summed E-state index contributed by atoms with van der Waals surface area (Å²) in [6, 6.07) is 0. The highest BCUT2D eigenvalue weighted by Gasteiger charge is 2.14. The Hall–Kier alpha value is -0.620. The minimum atomic E-state index is -1.04. The molecular formula is C8H11ClN2O2S. The SMILES string of the molecule is Cc1csc(C(=O)NCC(N)O)c1Cl. The summed E-state index contributed by atoms with van der Waals surface area (Å²) in [5.41, 5.74) is 5.94. The second kappa shape index (κ2) is 4.75. The van der Waals surface area contributed by atoms with Gasteiger partial charge in [0.15, 0.2) is 0 Å². The summed E-state index contributed by atoms with van der Waals surface area (Å²) < 4.78 is 0. The zero-order chi connectivity index (χ0) is 10.7. The summed E-state index contributed by atoms with van der Waals surface area (Å²) in [5.74, 6) is -0.308. The lowest BCUT2D eigenvalue weighted by molar-refractivity contribution is 0.0923. The van der Waals surface area contributed by atoms with Crippen LogP contribution in [0.15, 0.2) is 5.38 Å². The lowest BCUT2D eigenvalue weighted by Crippen LogP contribution is -2.36. The number of halogens is 1. The molecule has 0 spiro atoms. The van der Waals surface area contributed by atoms with E-state index in [0.29, 0.717) is 9.90 Å². The largest absolute Gasteiger partial charge is 0.377 e. The van der Waals surface area contributed by atoms with Crippen LogP contribution in [0.25, 0.3) is 0 Å². The second-order valence-electron chi connectivity index (χ2n) is 2.84. The van der Waals surface area contributed by atoms with E-state index in [2.05, 4.69) is 5.32 Å². The zero-order valence-electron chi connectivity index (χ0n) is 7.58. The topological polar surface area (TPSA) is 75.4 Å². The Kier molecular flexibility index (Phi) is 3.88. The predicted molar refractivity (Wildman–Crippen MR) is 56.6 cm³/mol. The van der Waals surface area contributed by atoms with Gasteiger partial charge in [0.05, 0.1) is 11.6 Å². The molecule has 1 amide bonds. The number of carbonyl (C=O) groups is 1. The standard InChI is InChI=1S/C8H11ClN2O2S/c1-4-3-14-7(6(4)9)8(13)11-2-5(10)12/h3,5,12H,2,10H2,1H3,(H,11,13). The summed E-state index contributed by atoms with van der Waals surface area (Å²) in [7, 11) is 0. The van der Waals surface area contributed by atoms with E-state index in [1.54, 1.807) is 5.38 Å². The molecule has 0 aliphatic heterocycles. The first-order chi connectivity index (χ1) is 6.52. The number of nitrogens with one attached hydrogen (secondary N) is 1. The van der Waals surface area contributed by atoms with Crippen molar-refractivity contribution in [2.45, 2.75) is 13.2 Å². The third-order valence-electron chi connectivity index (χ3n) is 1.58. The van der Waals surface area contributed by atoms with E-state index in [-0.39, 0.29) is 12.5 Å². The highest BCUT2D eigenvalue weighted by molar-refractivity contribution is 7.13. The molecule has 78 valence electrons. The molecule has 0 bridgehead atoms. The number of rotatable bonds is 3. The molecule has 1 unspecified atom stereocenters. The number of aliphatic hydroxyl groups is 1. The van der Waals surface area contributed by atoms with Crippen LogP contribution >= 0.6 is 22.9 Å². The Morgan fingerprint density at radius 1 is 1.86 bits per heavy atom. The molecule has 4 nitrogen and oxygen atoms in total. The van der Waals surface area contributed by atoms with Gasteiger partial charge in [-0.2, -0.15) is 0 Å².